The molecule has 7 nitrogen and oxygen atoms in total. The quantitative estimate of drug-likeness (QED) is 0.784. The van der Waals surface area contributed by atoms with Gasteiger partial charge in [-0.1, -0.05) is 23.4 Å². The van der Waals surface area contributed by atoms with Crippen LogP contribution in [0.15, 0.2) is 28.8 Å². The molecule has 2 aromatic heterocycles. The lowest BCUT2D eigenvalue weighted by atomic mass is 9.96. The first-order valence-corrected chi connectivity index (χ1v) is 7.75. The van der Waals surface area contributed by atoms with Gasteiger partial charge < -0.3 is 9.42 Å². The predicted molar refractivity (Wildman–Crippen MR) is 83.0 cm³/mol. The van der Waals surface area contributed by atoms with Crippen molar-refractivity contribution in [1.29, 1.82) is 0 Å². The van der Waals surface area contributed by atoms with E-state index in [0.717, 1.165) is 23.7 Å². The van der Waals surface area contributed by atoms with Crippen LogP contribution in [-0.4, -0.2) is 44.2 Å². The van der Waals surface area contributed by atoms with Gasteiger partial charge >= 0.3 is 0 Å². The number of rotatable bonds is 2. The number of hydrogen-bond donors (Lipinski definition) is 1. The summed E-state index contributed by atoms with van der Waals surface area (Å²) in [5, 5.41) is 11.8. The molecule has 1 aromatic carbocycles. The maximum absolute atomic E-state index is 12.7. The molecule has 118 valence electrons. The second-order valence-electron chi connectivity index (χ2n) is 5.86. The van der Waals surface area contributed by atoms with Crippen LogP contribution in [0.4, 0.5) is 0 Å². The molecule has 7 heteroatoms. The lowest BCUT2D eigenvalue weighted by molar-refractivity contribution is 0.0700. The van der Waals surface area contributed by atoms with Gasteiger partial charge in [-0.3, -0.25) is 9.89 Å². The largest absolute Gasteiger partial charge is 0.339 e. The van der Waals surface area contributed by atoms with E-state index in [1.807, 2.05) is 36.1 Å². The highest BCUT2D eigenvalue weighted by Gasteiger charge is 2.29. The number of aromatic nitrogens is 4. The maximum atomic E-state index is 12.7. The number of aryl methyl sites for hydroxylation is 1. The molecular formula is C16H17N5O2. The number of hydrogen-bond acceptors (Lipinski definition) is 5. The summed E-state index contributed by atoms with van der Waals surface area (Å²) in [6.45, 7) is 3.16. The molecule has 0 spiro atoms. The molecule has 3 aromatic rings. The minimum Gasteiger partial charge on any atom is -0.339 e. The van der Waals surface area contributed by atoms with E-state index in [4.69, 9.17) is 4.52 Å². The molecule has 0 unspecified atom stereocenters. The van der Waals surface area contributed by atoms with E-state index in [0.29, 0.717) is 30.5 Å². The van der Waals surface area contributed by atoms with E-state index in [1.165, 1.54) is 0 Å². The molecule has 0 radical (unpaired) electrons. The molecule has 0 bridgehead atoms. The first-order chi connectivity index (χ1) is 11.2. The van der Waals surface area contributed by atoms with Crippen molar-refractivity contribution in [1.82, 2.24) is 25.2 Å². The van der Waals surface area contributed by atoms with Gasteiger partial charge in [0.2, 0.25) is 5.89 Å². The zero-order valence-corrected chi connectivity index (χ0v) is 12.8. The Labute approximate surface area is 132 Å². The van der Waals surface area contributed by atoms with E-state index in [-0.39, 0.29) is 11.8 Å². The monoisotopic (exact) mass is 311 g/mol. The van der Waals surface area contributed by atoms with Crippen LogP contribution in [0.5, 0.6) is 0 Å². The highest BCUT2D eigenvalue weighted by atomic mass is 16.5. The van der Waals surface area contributed by atoms with Crippen LogP contribution < -0.4 is 0 Å². The number of likely N-dealkylation sites (tertiary alicyclic amines) is 1. The van der Waals surface area contributed by atoms with Crippen molar-refractivity contribution in [2.24, 2.45) is 0 Å². The highest BCUT2D eigenvalue weighted by Crippen LogP contribution is 2.28. The Morgan fingerprint density at radius 3 is 2.83 bits per heavy atom. The molecule has 1 N–H and O–H groups in total. The molecule has 1 saturated heterocycles. The number of carbonyl (C=O) groups excluding carboxylic acids is 1. The number of carbonyl (C=O) groups is 1. The maximum Gasteiger partial charge on any atom is 0.274 e. The van der Waals surface area contributed by atoms with Crippen molar-refractivity contribution >= 4 is 16.8 Å². The summed E-state index contributed by atoms with van der Waals surface area (Å²) >= 11 is 0. The summed E-state index contributed by atoms with van der Waals surface area (Å²) in [4.78, 5) is 18.9. The molecule has 3 heterocycles. The molecule has 1 fully saturated rings. The average molecular weight is 311 g/mol. The van der Waals surface area contributed by atoms with E-state index < -0.39 is 0 Å². The molecule has 1 amide bonds. The van der Waals surface area contributed by atoms with E-state index in [9.17, 15) is 4.79 Å². The van der Waals surface area contributed by atoms with Crippen LogP contribution in [0, 0.1) is 6.92 Å². The van der Waals surface area contributed by atoms with E-state index in [1.54, 1.807) is 0 Å². The van der Waals surface area contributed by atoms with Gasteiger partial charge in [0, 0.05) is 24.4 Å². The fraction of sp³-hybridized carbons (Fsp3) is 0.375. The predicted octanol–water partition coefficient (Wildman–Crippen LogP) is 2.27. The Morgan fingerprint density at radius 2 is 2.09 bits per heavy atom. The lowest BCUT2D eigenvalue weighted by Gasteiger charge is -2.29. The molecule has 4 rings (SSSR count). The lowest BCUT2D eigenvalue weighted by Crippen LogP contribution is -2.38. The third-order valence-corrected chi connectivity index (χ3v) is 4.35. The Kier molecular flexibility index (Phi) is 3.33. The fourth-order valence-corrected chi connectivity index (χ4v) is 3.08. The molecule has 23 heavy (non-hydrogen) atoms. The van der Waals surface area contributed by atoms with Crippen molar-refractivity contribution in [2.75, 3.05) is 13.1 Å². The Hall–Kier alpha value is -2.70. The summed E-state index contributed by atoms with van der Waals surface area (Å²) in [6, 6.07) is 7.68. The standard InChI is InChI=1S/C16H17N5O2/c1-10-17-15(23-20-10)11-6-8-21(9-7-11)16(22)14-12-4-2-3-5-13(12)18-19-14/h2-5,11H,6-9H2,1H3,(H,18,19). The molecule has 0 atom stereocenters. The number of nitrogens with zero attached hydrogens (tertiary/aromatic N) is 4. The first-order valence-electron chi connectivity index (χ1n) is 7.75. The molecule has 0 saturated carbocycles. The number of benzene rings is 1. The number of aromatic amines is 1. The smallest absolute Gasteiger partial charge is 0.274 e. The summed E-state index contributed by atoms with van der Waals surface area (Å²) in [5.41, 5.74) is 1.37. The van der Waals surface area contributed by atoms with Crippen molar-refractivity contribution in [3.8, 4) is 0 Å². The van der Waals surface area contributed by atoms with Crippen molar-refractivity contribution < 1.29 is 9.32 Å². The second-order valence-corrected chi connectivity index (χ2v) is 5.86. The van der Waals surface area contributed by atoms with Gasteiger partial charge in [0.1, 0.15) is 0 Å². The molecule has 1 aliphatic rings. The number of piperidine rings is 1. The number of H-pyrrole nitrogens is 1. The zero-order valence-electron chi connectivity index (χ0n) is 12.8. The van der Waals surface area contributed by atoms with Crippen LogP contribution >= 0.6 is 0 Å². The van der Waals surface area contributed by atoms with Gasteiger partial charge in [-0.2, -0.15) is 10.1 Å². The number of nitrogens with one attached hydrogen (secondary N) is 1. The van der Waals surface area contributed by atoms with Crippen LogP contribution in [0.25, 0.3) is 10.9 Å². The second kappa shape index (κ2) is 5.49. The van der Waals surface area contributed by atoms with Crippen molar-refractivity contribution in [3.05, 3.63) is 41.7 Å². The number of fused-ring (bicyclic) bond motifs is 1. The summed E-state index contributed by atoms with van der Waals surface area (Å²) in [5.74, 6) is 1.54. The van der Waals surface area contributed by atoms with Crippen LogP contribution in [-0.2, 0) is 0 Å². The Balaban J connectivity index is 1.49. The third-order valence-electron chi connectivity index (χ3n) is 4.35. The summed E-state index contributed by atoms with van der Waals surface area (Å²) in [6.07, 6.45) is 1.66. The first kappa shape index (κ1) is 13.9. The number of para-hydroxylation sites is 1. The third kappa shape index (κ3) is 2.48. The number of amides is 1. The van der Waals surface area contributed by atoms with Gasteiger partial charge in [-0.05, 0) is 25.8 Å². The van der Waals surface area contributed by atoms with Gasteiger partial charge in [0.15, 0.2) is 11.5 Å². The summed E-state index contributed by atoms with van der Waals surface area (Å²) < 4.78 is 5.25. The van der Waals surface area contributed by atoms with E-state index in [2.05, 4.69) is 20.3 Å². The van der Waals surface area contributed by atoms with Crippen LogP contribution in [0.2, 0.25) is 0 Å². The highest BCUT2D eigenvalue weighted by molar-refractivity contribution is 6.04. The molecular weight excluding hydrogens is 294 g/mol. The zero-order chi connectivity index (χ0) is 15.8. The topological polar surface area (TPSA) is 87.9 Å². The van der Waals surface area contributed by atoms with E-state index >= 15 is 0 Å². The minimum atomic E-state index is -0.0254. The van der Waals surface area contributed by atoms with Crippen LogP contribution in [0.3, 0.4) is 0 Å². The van der Waals surface area contributed by atoms with Gasteiger partial charge in [-0.25, -0.2) is 0 Å². The van der Waals surface area contributed by atoms with Crippen molar-refractivity contribution in [2.45, 2.75) is 25.7 Å². The summed E-state index contributed by atoms with van der Waals surface area (Å²) in [7, 11) is 0. The van der Waals surface area contributed by atoms with Crippen molar-refractivity contribution in [3.63, 3.8) is 0 Å². The minimum absolute atomic E-state index is 0.0254. The normalized spacial score (nSPS) is 16.1. The fourth-order valence-electron chi connectivity index (χ4n) is 3.08. The van der Waals surface area contributed by atoms with Crippen LogP contribution in [0.1, 0.15) is 41.0 Å². The average Bonchev–Trinajstić information content (AvgIpc) is 3.21. The Bertz CT molecular complexity index is 845. The molecule has 0 aliphatic carbocycles. The molecule has 1 aliphatic heterocycles. The van der Waals surface area contributed by atoms with Gasteiger partial charge in [0.25, 0.3) is 5.91 Å². The SMILES string of the molecule is Cc1noc(C2CCN(C(=O)c3n[nH]c4ccccc34)CC2)n1. The Morgan fingerprint density at radius 1 is 1.30 bits per heavy atom. The van der Waals surface area contributed by atoms with Gasteiger partial charge in [0.05, 0.1) is 5.52 Å². The van der Waals surface area contributed by atoms with Gasteiger partial charge in [-0.15, -0.1) is 0 Å².